The summed E-state index contributed by atoms with van der Waals surface area (Å²) < 4.78 is 142. The van der Waals surface area contributed by atoms with Gasteiger partial charge >= 0.3 is 5.97 Å². The molecule has 0 amide bonds. The second kappa shape index (κ2) is 7.41. The quantitative estimate of drug-likeness (QED) is 0.222. The van der Waals surface area contributed by atoms with E-state index in [0.717, 1.165) is 0 Å². The van der Waals surface area contributed by atoms with Gasteiger partial charge in [-0.25, -0.2) is 48.7 Å². The van der Waals surface area contributed by atoms with Gasteiger partial charge in [-0.3, -0.25) is 0 Å². The molecule has 0 saturated heterocycles. The summed E-state index contributed by atoms with van der Waals surface area (Å²) in [5.41, 5.74) is -8.04. The molecule has 29 heavy (non-hydrogen) atoms. The van der Waals surface area contributed by atoms with Crippen LogP contribution in [0.3, 0.4) is 0 Å². The number of esters is 1. The van der Waals surface area contributed by atoms with Gasteiger partial charge in [0.25, 0.3) is 0 Å². The van der Waals surface area contributed by atoms with Gasteiger partial charge in [0, 0.05) is 6.08 Å². The number of benzene rings is 2. The normalized spacial score (nSPS) is 11.6. The molecule has 0 saturated carbocycles. The monoisotopic (exact) mass is 432 g/mol. The Morgan fingerprint density at radius 1 is 0.655 bits per heavy atom. The highest BCUT2D eigenvalue weighted by molar-refractivity contribution is 5.82. The Bertz CT molecular complexity index is 920. The van der Waals surface area contributed by atoms with Crippen LogP contribution >= 0.6 is 0 Å². The zero-order valence-corrected chi connectivity index (χ0v) is 13.9. The predicted molar refractivity (Wildman–Crippen MR) is 75.2 cm³/mol. The molecule has 0 aliphatic rings. The van der Waals surface area contributed by atoms with Gasteiger partial charge in [0.1, 0.15) is 0 Å². The second-order valence-electron chi connectivity index (χ2n) is 5.55. The van der Waals surface area contributed by atoms with Crippen LogP contribution in [0.25, 0.3) is 0 Å². The van der Waals surface area contributed by atoms with Crippen molar-refractivity contribution in [2.24, 2.45) is 0 Å². The molecule has 2 rings (SSSR count). The van der Waals surface area contributed by atoms with Gasteiger partial charge in [-0.05, 0) is 6.92 Å². The minimum absolute atomic E-state index is 0.172. The van der Waals surface area contributed by atoms with Crippen LogP contribution < -0.4 is 0 Å². The van der Waals surface area contributed by atoms with Crippen molar-refractivity contribution in [1.29, 1.82) is 0 Å². The lowest BCUT2D eigenvalue weighted by Gasteiger charge is -2.31. The van der Waals surface area contributed by atoms with Crippen molar-refractivity contribution in [3.05, 3.63) is 82.0 Å². The minimum atomic E-state index is -3.70. The average molecular weight is 432 g/mol. The summed E-state index contributed by atoms with van der Waals surface area (Å²) in [4.78, 5) is 11.5. The summed E-state index contributed by atoms with van der Waals surface area (Å²) in [6, 6.07) is 0. The molecule has 0 aromatic heterocycles. The van der Waals surface area contributed by atoms with Crippen molar-refractivity contribution in [2.45, 2.75) is 12.5 Å². The van der Waals surface area contributed by atoms with Crippen molar-refractivity contribution < 1.29 is 53.4 Å². The zero-order valence-electron chi connectivity index (χ0n) is 13.9. The molecule has 2 aromatic rings. The van der Waals surface area contributed by atoms with E-state index in [9.17, 15) is 48.7 Å². The van der Waals surface area contributed by atoms with Gasteiger partial charge in [-0.1, -0.05) is 6.58 Å². The fourth-order valence-electron chi connectivity index (χ4n) is 2.52. The van der Waals surface area contributed by atoms with Crippen LogP contribution in [-0.4, -0.2) is 5.97 Å². The van der Waals surface area contributed by atoms with Crippen molar-refractivity contribution >= 4 is 5.97 Å². The fraction of sp³-hybridized carbons (Fsp3) is 0.118. The van der Waals surface area contributed by atoms with Gasteiger partial charge in [-0.2, -0.15) is 0 Å². The first-order valence-corrected chi connectivity index (χ1v) is 7.20. The maximum Gasteiger partial charge on any atom is 0.331 e. The third kappa shape index (κ3) is 3.21. The molecule has 2 aromatic carbocycles. The molecule has 2 nitrogen and oxygen atoms in total. The van der Waals surface area contributed by atoms with E-state index in [1.54, 1.807) is 0 Å². The molecule has 0 spiro atoms. The van der Waals surface area contributed by atoms with Gasteiger partial charge in [0.2, 0.25) is 11.6 Å². The molecule has 0 atom stereocenters. The van der Waals surface area contributed by atoms with E-state index < -0.39 is 80.9 Å². The van der Waals surface area contributed by atoms with E-state index in [-0.39, 0.29) is 13.0 Å². The summed E-state index contributed by atoms with van der Waals surface area (Å²) in [5.74, 6) is -28.5. The Morgan fingerprint density at radius 3 is 1.14 bits per heavy atom. The highest BCUT2D eigenvalue weighted by Crippen LogP contribution is 2.42. The Balaban J connectivity index is 3.10. The molecule has 0 heterocycles. The van der Waals surface area contributed by atoms with Crippen molar-refractivity contribution in [2.75, 3.05) is 0 Å². The largest absolute Gasteiger partial charge is 0.446 e. The Morgan fingerprint density at radius 2 is 0.897 bits per heavy atom. The van der Waals surface area contributed by atoms with E-state index in [2.05, 4.69) is 11.3 Å². The van der Waals surface area contributed by atoms with Gasteiger partial charge in [-0.15, -0.1) is 0 Å². The Hall–Kier alpha value is -3.05. The summed E-state index contributed by atoms with van der Waals surface area (Å²) in [7, 11) is 0. The molecule has 0 fully saturated rings. The maximum atomic E-state index is 14.2. The van der Waals surface area contributed by atoms with Crippen molar-refractivity contribution in [3.63, 3.8) is 0 Å². The zero-order chi connectivity index (χ0) is 22.4. The topological polar surface area (TPSA) is 26.3 Å². The maximum absolute atomic E-state index is 14.2. The third-order valence-electron chi connectivity index (χ3n) is 3.85. The first kappa shape index (κ1) is 22.2. The minimum Gasteiger partial charge on any atom is -0.446 e. The van der Waals surface area contributed by atoms with Gasteiger partial charge < -0.3 is 4.74 Å². The van der Waals surface area contributed by atoms with Crippen LogP contribution in [0.4, 0.5) is 43.9 Å². The SMILES string of the molecule is C=CC(=O)OC(C)(c1c(F)c(F)c(F)c(F)c1F)c1c(F)c(F)c(F)c(F)c1F. The molecule has 0 unspecified atom stereocenters. The van der Waals surface area contributed by atoms with E-state index in [1.165, 1.54) is 0 Å². The van der Waals surface area contributed by atoms with E-state index in [0.29, 0.717) is 0 Å². The van der Waals surface area contributed by atoms with Crippen LogP contribution in [0.5, 0.6) is 0 Å². The molecule has 0 N–H and O–H groups in total. The van der Waals surface area contributed by atoms with E-state index >= 15 is 0 Å². The third-order valence-corrected chi connectivity index (χ3v) is 3.85. The Kier molecular flexibility index (Phi) is 5.68. The van der Waals surface area contributed by atoms with Gasteiger partial charge in [0.15, 0.2) is 52.1 Å². The fourth-order valence-corrected chi connectivity index (χ4v) is 2.52. The molecule has 0 radical (unpaired) electrons. The van der Waals surface area contributed by atoms with Crippen LogP contribution in [-0.2, 0) is 15.1 Å². The number of halogens is 10. The number of hydrogen-bond acceptors (Lipinski definition) is 2. The first-order chi connectivity index (χ1) is 13.3. The lowest BCUT2D eigenvalue weighted by molar-refractivity contribution is -0.149. The number of ether oxygens (including phenoxy) is 1. The number of carbonyl (C=O) groups excluding carboxylic acids is 1. The van der Waals surface area contributed by atoms with E-state index in [1.807, 2.05) is 0 Å². The number of carbonyl (C=O) groups is 1. The van der Waals surface area contributed by atoms with Crippen LogP contribution in [0.15, 0.2) is 12.7 Å². The smallest absolute Gasteiger partial charge is 0.331 e. The molecular formula is C17H6F10O2. The lowest BCUT2D eigenvalue weighted by Crippen LogP contribution is -2.36. The standard InChI is InChI=1S/C17H6F10O2/c1-3-4(28)29-17(2,5-7(18)11(22)15(26)12(23)8(5)19)6-9(20)13(24)16(27)14(25)10(6)21/h3H,1H2,2H3. The highest BCUT2D eigenvalue weighted by Gasteiger charge is 2.48. The van der Waals surface area contributed by atoms with Crippen LogP contribution in [0.1, 0.15) is 18.1 Å². The lowest BCUT2D eigenvalue weighted by atomic mass is 9.85. The molecule has 0 bridgehead atoms. The van der Waals surface area contributed by atoms with Crippen LogP contribution in [0.2, 0.25) is 0 Å². The van der Waals surface area contributed by atoms with Crippen molar-refractivity contribution in [3.8, 4) is 0 Å². The number of hydrogen-bond donors (Lipinski definition) is 0. The molecule has 0 aliphatic carbocycles. The van der Waals surface area contributed by atoms with Crippen LogP contribution in [0, 0.1) is 58.2 Å². The summed E-state index contributed by atoms with van der Waals surface area (Å²) >= 11 is 0. The Labute approximate surface area is 155 Å². The number of rotatable bonds is 4. The van der Waals surface area contributed by atoms with Gasteiger partial charge in [0.05, 0.1) is 11.1 Å². The second-order valence-corrected chi connectivity index (χ2v) is 5.55. The summed E-state index contributed by atoms with van der Waals surface area (Å²) in [6.07, 6.45) is 0.246. The predicted octanol–water partition coefficient (Wildman–Crippen LogP) is 5.07. The first-order valence-electron chi connectivity index (χ1n) is 7.20. The highest BCUT2D eigenvalue weighted by atomic mass is 19.2. The molecule has 12 heteroatoms. The molecule has 0 aliphatic heterocycles. The summed E-state index contributed by atoms with van der Waals surface area (Å²) in [5, 5.41) is 0. The molecule has 156 valence electrons. The molecular weight excluding hydrogens is 426 g/mol. The van der Waals surface area contributed by atoms with Crippen molar-refractivity contribution in [1.82, 2.24) is 0 Å². The summed E-state index contributed by atoms with van der Waals surface area (Å²) in [6.45, 7) is 3.03. The average Bonchev–Trinajstić information content (AvgIpc) is 2.67. The van der Waals surface area contributed by atoms with E-state index in [4.69, 9.17) is 0 Å².